The minimum absolute atomic E-state index is 0.0270. The number of hydrogen-bond donors (Lipinski definition) is 2. The molecule has 0 spiro atoms. The summed E-state index contributed by atoms with van der Waals surface area (Å²) in [4.78, 5) is 23.2. The Labute approximate surface area is 128 Å². The molecule has 3 N–H and O–H groups in total. The van der Waals surface area contributed by atoms with Crippen molar-refractivity contribution in [1.82, 2.24) is 5.43 Å². The van der Waals surface area contributed by atoms with Crippen LogP contribution in [0.25, 0.3) is 21.9 Å². The van der Waals surface area contributed by atoms with Gasteiger partial charge in [-0.15, -0.1) is 0 Å². The maximum Gasteiger partial charge on any atom is 0.426 e. The highest BCUT2D eigenvalue weighted by molar-refractivity contribution is 6.09. The molecule has 0 aliphatic heterocycles. The molecule has 2 aromatic heterocycles. The number of hydrogen-bond acceptors (Lipinski definition) is 8. The van der Waals surface area contributed by atoms with Gasteiger partial charge in [0.05, 0.1) is 31.9 Å². The van der Waals surface area contributed by atoms with Crippen molar-refractivity contribution in [2.45, 2.75) is 0 Å². The van der Waals surface area contributed by atoms with Crippen LogP contribution in [0.3, 0.4) is 0 Å². The largest absolute Gasteiger partial charge is 0.495 e. The summed E-state index contributed by atoms with van der Waals surface area (Å²) in [7, 11) is 2.81. The molecule has 0 saturated heterocycles. The Balaban J connectivity index is 2.49. The lowest BCUT2D eigenvalue weighted by atomic mass is 10.1. The molecule has 0 aliphatic rings. The van der Waals surface area contributed by atoms with Crippen LogP contribution in [0.2, 0.25) is 0 Å². The summed E-state index contributed by atoms with van der Waals surface area (Å²) in [5.74, 6) is 5.40. The zero-order chi connectivity index (χ0) is 16.6. The molecule has 0 radical (unpaired) electrons. The fraction of sp³-hybridized carbons (Fsp3) is 0.143. The molecule has 3 aromatic rings. The number of rotatable bonds is 3. The van der Waals surface area contributed by atoms with E-state index in [2.05, 4.69) is 0 Å². The zero-order valence-electron chi connectivity index (χ0n) is 12.2. The minimum Gasteiger partial charge on any atom is -0.495 e. The molecule has 0 bridgehead atoms. The smallest absolute Gasteiger partial charge is 0.426 e. The molecule has 120 valence electrons. The third-order valence-electron chi connectivity index (χ3n) is 3.20. The van der Waals surface area contributed by atoms with Crippen LogP contribution in [-0.2, 0) is 0 Å². The van der Waals surface area contributed by atoms with Gasteiger partial charge in [-0.05, 0) is 6.07 Å². The second-order valence-electron chi connectivity index (χ2n) is 4.40. The number of benzene rings is 1. The van der Waals surface area contributed by atoms with Crippen LogP contribution < -0.4 is 31.1 Å². The Morgan fingerprint density at radius 2 is 1.96 bits per heavy atom. The van der Waals surface area contributed by atoms with E-state index in [-0.39, 0.29) is 22.5 Å². The highest BCUT2D eigenvalue weighted by Gasteiger charge is 2.24. The first kappa shape index (κ1) is 14.7. The Bertz CT molecular complexity index is 957. The van der Waals surface area contributed by atoms with Crippen molar-refractivity contribution in [3.8, 4) is 17.2 Å². The Morgan fingerprint density at radius 1 is 1.22 bits per heavy atom. The van der Waals surface area contributed by atoms with Crippen molar-refractivity contribution >= 4 is 28.0 Å². The zero-order valence-corrected chi connectivity index (χ0v) is 12.2. The summed E-state index contributed by atoms with van der Waals surface area (Å²) in [5, 5.41) is 0.796. The van der Waals surface area contributed by atoms with E-state index in [1.165, 1.54) is 20.5 Å². The monoisotopic (exact) mass is 320 g/mol. The molecule has 1 amide bonds. The van der Waals surface area contributed by atoms with Gasteiger partial charge in [-0.2, -0.15) is 0 Å². The number of amides is 1. The van der Waals surface area contributed by atoms with Gasteiger partial charge in [-0.3, -0.25) is 5.43 Å². The number of hydrazine groups is 1. The van der Waals surface area contributed by atoms with Crippen LogP contribution in [0.15, 0.2) is 32.0 Å². The summed E-state index contributed by atoms with van der Waals surface area (Å²) in [6.07, 6.45) is 0.477. The predicted octanol–water partition coefficient (Wildman–Crippen LogP) is 1.52. The fourth-order valence-corrected chi connectivity index (χ4v) is 2.36. The van der Waals surface area contributed by atoms with E-state index in [9.17, 15) is 9.59 Å². The van der Waals surface area contributed by atoms with Crippen molar-refractivity contribution in [1.29, 1.82) is 0 Å². The minimum atomic E-state index is -0.954. The lowest BCUT2D eigenvalue weighted by molar-refractivity contribution is 0.201. The number of carbonyl (C=O) groups excluding carboxylic acids is 1. The Kier molecular flexibility index (Phi) is 3.54. The number of ether oxygens (including phenoxy) is 3. The number of nitrogens with one attached hydrogen (secondary N) is 1. The molecule has 23 heavy (non-hydrogen) atoms. The van der Waals surface area contributed by atoms with Crippen molar-refractivity contribution in [3.63, 3.8) is 0 Å². The number of carbonyl (C=O) groups is 1. The Hall–Kier alpha value is -3.20. The van der Waals surface area contributed by atoms with Crippen LogP contribution in [0.1, 0.15) is 0 Å². The van der Waals surface area contributed by atoms with E-state index in [4.69, 9.17) is 28.9 Å². The van der Waals surface area contributed by atoms with Gasteiger partial charge in [0.15, 0.2) is 16.9 Å². The highest BCUT2D eigenvalue weighted by atomic mass is 16.6. The van der Waals surface area contributed by atoms with E-state index < -0.39 is 11.7 Å². The van der Waals surface area contributed by atoms with E-state index >= 15 is 0 Å². The molecule has 0 fully saturated rings. The fourth-order valence-electron chi connectivity index (χ4n) is 2.36. The van der Waals surface area contributed by atoms with Crippen LogP contribution in [0.5, 0.6) is 17.2 Å². The molecule has 3 rings (SSSR count). The van der Waals surface area contributed by atoms with Gasteiger partial charge in [0.1, 0.15) is 11.1 Å². The third kappa shape index (κ3) is 2.23. The van der Waals surface area contributed by atoms with Gasteiger partial charge in [-0.1, -0.05) is 0 Å². The lowest BCUT2D eigenvalue weighted by Crippen LogP contribution is -2.33. The molecule has 0 saturated carbocycles. The maximum atomic E-state index is 11.8. The van der Waals surface area contributed by atoms with E-state index in [0.717, 1.165) is 6.07 Å². The molecule has 0 atom stereocenters. The van der Waals surface area contributed by atoms with Crippen LogP contribution >= 0.6 is 0 Å². The standard InChI is InChI=1S/C14H12N2O7/c1-19-10-6-3-4-21-11(6)13(20-2)12-9(10)7(5-8(17)23-12)22-14(18)16-15/h3-5H,15H2,1-2H3,(H,16,18). The first-order valence-electron chi connectivity index (χ1n) is 6.38. The molecular formula is C14H12N2O7. The summed E-state index contributed by atoms with van der Waals surface area (Å²) in [6.45, 7) is 0. The summed E-state index contributed by atoms with van der Waals surface area (Å²) in [6, 6.07) is 2.65. The Morgan fingerprint density at radius 3 is 2.61 bits per heavy atom. The van der Waals surface area contributed by atoms with Crippen molar-refractivity contribution in [3.05, 3.63) is 28.8 Å². The first-order valence-corrected chi connectivity index (χ1v) is 6.38. The van der Waals surface area contributed by atoms with Crippen LogP contribution in [0, 0.1) is 0 Å². The molecule has 9 heteroatoms. The molecule has 0 aliphatic carbocycles. The van der Waals surface area contributed by atoms with E-state index in [1.807, 2.05) is 5.43 Å². The van der Waals surface area contributed by atoms with E-state index in [1.54, 1.807) is 6.07 Å². The van der Waals surface area contributed by atoms with E-state index in [0.29, 0.717) is 16.7 Å². The van der Waals surface area contributed by atoms with Gasteiger partial charge in [0.2, 0.25) is 5.75 Å². The summed E-state index contributed by atoms with van der Waals surface area (Å²) >= 11 is 0. The first-order chi connectivity index (χ1) is 11.1. The second-order valence-corrected chi connectivity index (χ2v) is 4.40. The SMILES string of the molecule is COc1c2occc2c(OC)c2c(OC(=O)NN)cc(=O)oc12. The molecule has 0 unspecified atom stereocenters. The average molecular weight is 320 g/mol. The maximum absolute atomic E-state index is 11.8. The van der Waals surface area contributed by atoms with Crippen molar-refractivity contribution in [2.24, 2.45) is 5.84 Å². The van der Waals surface area contributed by atoms with Crippen LogP contribution in [-0.4, -0.2) is 20.3 Å². The van der Waals surface area contributed by atoms with Crippen molar-refractivity contribution in [2.75, 3.05) is 14.2 Å². The number of fused-ring (bicyclic) bond motifs is 2. The average Bonchev–Trinajstić information content (AvgIpc) is 3.01. The quantitative estimate of drug-likeness (QED) is 0.322. The predicted molar refractivity (Wildman–Crippen MR) is 78.7 cm³/mol. The van der Waals surface area contributed by atoms with Crippen molar-refractivity contribution < 1.29 is 27.8 Å². The number of nitrogens with two attached hydrogens (primary N) is 1. The van der Waals surface area contributed by atoms with Gasteiger partial charge < -0.3 is 23.0 Å². The molecular weight excluding hydrogens is 308 g/mol. The lowest BCUT2D eigenvalue weighted by Gasteiger charge is -2.13. The van der Waals surface area contributed by atoms with Gasteiger partial charge in [0.25, 0.3) is 0 Å². The summed E-state index contributed by atoms with van der Waals surface area (Å²) < 4.78 is 26.2. The molecule has 1 aromatic carbocycles. The highest BCUT2D eigenvalue weighted by Crippen LogP contribution is 2.45. The third-order valence-corrected chi connectivity index (χ3v) is 3.20. The van der Waals surface area contributed by atoms with Gasteiger partial charge >= 0.3 is 11.7 Å². The number of methoxy groups -OCH3 is 2. The molecule has 2 heterocycles. The summed E-state index contributed by atoms with van der Waals surface area (Å²) in [5.41, 5.74) is 1.43. The van der Waals surface area contributed by atoms with Gasteiger partial charge in [0, 0.05) is 0 Å². The second kappa shape index (κ2) is 5.54. The topological polar surface area (TPSA) is 126 Å². The number of furan rings is 1. The van der Waals surface area contributed by atoms with Crippen LogP contribution in [0.4, 0.5) is 4.79 Å². The van der Waals surface area contributed by atoms with Gasteiger partial charge in [-0.25, -0.2) is 15.4 Å². The molecule has 9 nitrogen and oxygen atoms in total. The normalized spacial score (nSPS) is 10.7.